The van der Waals surface area contributed by atoms with Gasteiger partial charge in [0.15, 0.2) is 6.61 Å². The molecule has 0 N–H and O–H groups in total. The van der Waals surface area contributed by atoms with Gasteiger partial charge in [0.05, 0.1) is 13.0 Å². The molecule has 1 aromatic heterocycles. The van der Waals surface area contributed by atoms with Gasteiger partial charge in [0, 0.05) is 10.6 Å². The normalized spacial score (nSPS) is 10.5. The van der Waals surface area contributed by atoms with Gasteiger partial charge in [0.1, 0.15) is 5.75 Å². The van der Waals surface area contributed by atoms with Gasteiger partial charge in [0.25, 0.3) is 5.89 Å². The molecular formula is C19H17ClN2O4. The zero-order valence-electron chi connectivity index (χ0n) is 14.1. The molecule has 134 valence electrons. The highest BCUT2D eigenvalue weighted by Crippen LogP contribution is 2.19. The lowest BCUT2D eigenvalue weighted by Gasteiger charge is -2.08. The lowest BCUT2D eigenvalue weighted by Crippen LogP contribution is -2.10. The molecule has 0 unspecified atom stereocenters. The topological polar surface area (TPSA) is 74.5 Å². The van der Waals surface area contributed by atoms with Crippen LogP contribution < -0.4 is 4.74 Å². The van der Waals surface area contributed by atoms with Crippen molar-refractivity contribution in [3.8, 4) is 17.1 Å². The first kappa shape index (κ1) is 17.9. The minimum atomic E-state index is -0.398. The fourth-order valence-electron chi connectivity index (χ4n) is 2.21. The first-order chi connectivity index (χ1) is 12.6. The van der Waals surface area contributed by atoms with Crippen LogP contribution in [0, 0.1) is 6.92 Å². The van der Waals surface area contributed by atoms with E-state index in [1.165, 1.54) is 0 Å². The van der Waals surface area contributed by atoms with Crippen LogP contribution in [0.4, 0.5) is 0 Å². The number of benzene rings is 2. The number of carbonyl (C=O) groups is 1. The molecule has 7 heteroatoms. The summed E-state index contributed by atoms with van der Waals surface area (Å²) in [5.74, 6) is 0.994. The molecule has 6 nitrogen and oxygen atoms in total. The predicted molar refractivity (Wildman–Crippen MR) is 95.8 cm³/mol. The number of ether oxygens (including phenoxy) is 2. The molecule has 0 saturated carbocycles. The molecule has 0 fully saturated rings. The molecule has 0 aliphatic rings. The van der Waals surface area contributed by atoms with E-state index in [1.807, 2.05) is 31.2 Å². The lowest BCUT2D eigenvalue weighted by molar-refractivity contribution is -0.146. The maximum atomic E-state index is 11.8. The van der Waals surface area contributed by atoms with Crippen LogP contribution in [0.25, 0.3) is 11.4 Å². The van der Waals surface area contributed by atoms with E-state index in [1.54, 1.807) is 24.3 Å². The molecule has 0 bridgehead atoms. The Kier molecular flexibility index (Phi) is 5.86. The molecule has 0 radical (unpaired) electrons. The average Bonchev–Trinajstić information content (AvgIpc) is 3.11. The third-order valence-electron chi connectivity index (χ3n) is 3.58. The Morgan fingerprint density at radius 2 is 1.92 bits per heavy atom. The van der Waals surface area contributed by atoms with E-state index in [9.17, 15) is 4.79 Å². The van der Waals surface area contributed by atoms with Gasteiger partial charge in [-0.15, -0.1) is 0 Å². The molecule has 0 saturated heterocycles. The van der Waals surface area contributed by atoms with E-state index in [4.69, 9.17) is 25.6 Å². The summed E-state index contributed by atoms with van der Waals surface area (Å²) in [7, 11) is 0. The maximum absolute atomic E-state index is 11.8. The van der Waals surface area contributed by atoms with Crippen molar-refractivity contribution in [2.45, 2.75) is 20.0 Å². The van der Waals surface area contributed by atoms with E-state index in [0.29, 0.717) is 10.8 Å². The van der Waals surface area contributed by atoms with Crippen molar-refractivity contribution >= 4 is 17.6 Å². The van der Waals surface area contributed by atoms with Crippen LogP contribution in [0.15, 0.2) is 53.1 Å². The monoisotopic (exact) mass is 372 g/mol. The predicted octanol–water partition coefficient (Wildman–Crippen LogP) is 4.21. The molecule has 0 amide bonds. The van der Waals surface area contributed by atoms with E-state index >= 15 is 0 Å². The third kappa shape index (κ3) is 4.83. The number of rotatable bonds is 7. The molecule has 3 aromatic rings. The second kappa shape index (κ2) is 8.49. The number of hydrogen-bond donors (Lipinski definition) is 0. The number of nitrogens with zero attached hydrogens (tertiary/aromatic N) is 2. The van der Waals surface area contributed by atoms with Gasteiger partial charge in [-0.05, 0) is 42.8 Å². The van der Waals surface area contributed by atoms with Crippen LogP contribution in [0.2, 0.25) is 5.02 Å². The number of carbonyl (C=O) groups excluding carboxylic acids is 1. The summed E-state index contributed by atoms with van der Waals surface area (Å²) in [5.41, 5.74) is 1.78. The zero-order valence-corrected chi connectivity index (χ0v) is 14.9. The largest absolute Gasteiger partial charge is 0.493 e. The van der Waals surface area contributed by atoms with Crippen LogP contribution in [-0.2, 0) is 16.1 Å². The summed E-state index contributed by atoms with van der Waals surface area (Å²) in [6, 6.07) is 14.7. The molecule has 0 aliphatic carbocycles. The van der Waals surface area contributed by atoms with Crippen molar-refractivity contribution in [1.29, 1.82) is 0 Å². The van der Waals surface area contributed by atoms with Crippen molar-refractivity contribution < 1.29 is 18.8 Å². The Balaban J connectivity index is 1.45. The zero-order chi connectivity index (χ0) is 18.4. The Bertz CT molecular complexity index is 877. The highest BCUT2D eigenvalue weighted by atomic mass is 35.5. The number of hydrogen-bond acceptors (Lipinski definition) is 6. The summed E-state index contributed by atoms with van der Waals surface area (Å²) in [6.45, 7) is 2.11. The van der Waals surface area contributed by atoms with E-state index in [-0.39, 0.29) is 25.5 Å². The van der Waals surface area contributed by atoms with Crippen molar-refractivity contribution in [3.05, 3.63) is 65.0 Å². The Labute approximate surface area is 155 Å². The number of aryl methyl sites for hydroxylation is 1. The summed E-state index contributed by atoms with van der Waals surface area (Å²) in [5, 5.41) is 4.48. The Morgan fingerprint density at radius 1 is 1.15 bits per heavy atom. The van der Waals surface area contributed by atoms with Crippen molar-refractivity contribution in [2.24, 2.45) is 0 Å². The molecule has 26 heavy (non-hydrogen) atoms. The SMILES string of the molecule is Cc1ccccc1OCCC(=O)OCc1nc(-c2ccc(Cl)cc2)no1. The lowest BCUT2D eigenvalue weighted by atomic mass is 10.2. The molecule has 2 aromatic carbocycles. The quantitative estimate of drug-likeness (QED) is 0.578. The van der Waals surface area contributed by atoms with E-state index in [0.717, 1.165) is 16.9 Å². The van der Waals surface area contributed by atoms with Gasteiger partial charge >= 0.3 is 5.97 Å². The first-order valence-corrected chi connectivity index (χ1v) is 8.42. The molecule has 0 atom stereocenters. The molecule has 1 heterocycles. The summed E-state index contributed by atoms with van der Waals surface area (Å²) in [4.78, 5) is 16.0. The third-order valence-corrected chi connectivity index (χ3v) is 3.84. The summed E-state index contributed by atoms with van der Waals surface area (Å²) < 4.78 is 15.8. The van der Waals surface area contributed by atoms with Gasteiger partial charge in [-0.2, -0.15) is 4.98 Å². The number of esters is 1. The minimum Gasteiger partial charge on any atom is -0.493 e. The smallest absolute Gasteiger partial charge is 0.309 e. The van der Waals surface area contributed by atoms with Gasteiger partial charge in [-0.1, -0.05) is 35.0 Å². The second-order valence-corrected chi connectivity index (χ2v) is 5.98. The van der Waals surface area contributed by atoms with E-state index < -0.39 is 5.97 Å². The van der Waals surface area contributed by atoms with E-state index in [2.05, 4.69) is 10.1 Å². The van der Waals surface area contributed by atoms with Crippen LogP contribution in [-0.4, -0.2) is 22.7 Å². The second-order valence-electron chi connectivity index (χ2n) is 5.54. The average molecular weight is 373 g/mol. The Morgan fingerprint density at radius 3 is 2.69 bits per heavy atom. The number of para-hydroxylation sites is 1. The number of halogens is 1. The maximum Gasteiger partial charge on any atom is 0.309 e. The molecule has 0 spiro atoms. The first-order valence-electron chi connectivity index (χ1n) is 8.04. The van der Waals surface area contributed by atoms with Crippen LogP contribution in [0.1, 0.15) is 17.9 Å². The summed E-state index contributed by atoms with van der Waals surface area (Å²) in [6.07, 6.45) is 0.131. The van der Waals surface area contributed by atoms with Crippen molar-refractivity contribution in [2.75, 3.05) is 6.61 Å². The minimum absolute atomic E-state index is 0.0796. The number of aromatic nitrogens is 2. The highest BCUT2D eigenvalue weighted by Gasteiger charge is 2.11. The van der Waals surface area contributed by atoms with Crippen LogP contribution in [0.5, 0.6) is 5.75 Å². The molecular weight excluding hydrogens is 356 g/mol. The van der Waals surface area contributed by atoms with Gasteiger partial charge in [-0.3, -0.25) is 4.79 Å². The van der Waals surface area contributed by atoms with Gasteiger partial charge in [0.2, 0.25) is 5.82 Å². The molecule has 3 rings (SSSR count). The standard InChI is InChI=1S/C19H17ClN2O4/c1-13-4-2-3-5-16(13)24-11-10-18(23)25-12-17-21-19(22-26-17)14-6-8-15(20)9-7-14/h2-9H,10-12H2,1H3. The van der Waals surface area contributed by atoms with Crippen LogP contribution >= 0.6 is 11.6 Å². The van der Waals surface area contributed by atoms with Crippen molar-refractivity contribution in [3.63, 3.8) is 0 Å². The van der Waals surface area contributed by atoms with Crippen molar-refractivity contribution in [1.82, 2.24) is 10.1 Å². The van der Waals surface area contributed by atoms with Gasteiger partial charge < -0.3 is 14.0 Å². The van der Waals surface area contributed by atoms with Crippen LogP contribution in [0.3, 0.4) is 0 Å². The summed E-state index contributed by atoms with van der Waals surface area (Å²) >= 11 is 5.85. The highest BCUT2D eigenvalue weighted by molar-refractivity contribution is 6.30. The Hall–Kier alpha value is -2.86. The van der Waals surface area contributed by atoms with Gasteiger partial charge in [-0.25, -0.2) is 0 Å². The molecule has 0 aliphatic heterocycles. The fourth-order valence-corrected chi connectivity index (χ4v) is 2.33. The fraction of sp³-hybridized carbons (Fsp3) is 0.211.